The second-order valence-corrected chi connectivity index (χ2v) is 8.77. The van der Waals surface area contributed by atoms with Crippen LogP contribution in [0.25, 0.3) is 0 Å². The summed E-state index contributed by atoms with van der Waals surface area (Å²) in [5, 5.41) is 0. The fourth-order valence-corrected chi connectivity index (χ4v) is 4.62. The van der Waals surface area contributed by atoms with Crippen LogP contribution >= 0.6 is 0 Å². The Labute approximate surface area is 174 Å². The van der Waals surface area contributed by atoms with Crippen molar-refractivity contribution in [2.75, 3.05) is 37.6 Å². The topological polar surface area (TPSA) is 31.7 Å². The number of anilines is 1. The molecule has 0 saturated carbocycles. The van der Waals surface area contributed by atoms with Crippen LogP contribution in [0.3, 0.4) is 0 Å². The zero-order valence-electron chi connectivity index (χ0n) is 18.1. The first-order chi connectivity index (χ1) is 14.0. The molecule has 0 bridgehead atoms. The molecule has 2 saturated heterocycles. The predicted molar refractivity (Wildman–Crippen MR) is 118 cm³/mol. The molecule has 29 heavy (non-hydrogen) atoms. The quantitative estimate of drug-likeness (QED) is 0.750. The Hall–Kier alpha value is -2.27. The number of nitrogens with zero attached hydrogens (tertiary/aromatic N) is 4. The highest BCUT2D eigenvalue weighted by Crippen LogP contribution is 2.28. The molecule has 0 spiro atoms. The minimum atomic E-state index is 0.297. The van der Waals surface area contributed by atoms with Gasteiger partial charge in [-0.3, -0.25) is 9.69 Å². The number of para-hydroxylation sites is 1. The van der Waals surface area contributed by atoms with E-state index in [0.717, 1.165) is 52.2 Å². The molecule has 1 amide bonds. The van der Waals surface area contributed by atoms with Crippen LogP contribution in [0.5, 0.6) is 0 Å². The third-order valence-electron chi connectivity index (χ3n) is 6.51. The van der Waals surface area contributed by atoms with Crippen LogP contribution in [0.1, 0.15) is 49.6 Å². The van der Waals surface area contributed by atoms with Gasteiger partial charge in [0.1, 0.15) is 0 Å². The lowest BCUT2D eigenvalue weighted by Gasteiger charge is -2.37. The minimum absolute atomic E-state index is 0.297. The minimum Gasteiger partial charge on any atom is -0.369 e. The van der Waals surface area contributed by atoms with Crippen molar-refractivity contribution in [3.63, 3.8) is 0 Å². The Kier molecular flexibility index (Phi) is 5.95. The van der Waals surface area contributed by atoms with Crippen LogP contribution in [-0.4, -0.2) is 53.0 Å². The summed E-state index contributed by atoms with van der Waals surface area (Å²) in [6.07, 6.45) is 1.71. The summed E-state index contributed by atoms with van der Waals surface area (Å²) in [4.78, 5) is 19.0. The monoisotopic (exact) mass is 394 g/mol. The zero-order chi connectivity index (χ0) is 20.4. The van der Waals surface area contributed by atoms with E-state index < -0.39 is 0 Å². The van der Waals surface area contributed by atoms with E-state index in [-0.39, 0.29) is 0 Å². The number of aromatic nitrogens is 1. The number of amides is 1. The average molecular weight is 395 g/mol. The maximum absolute atomic E-state index is 11.9. The van der Waals surface area contributed by atoms with Crippen molar-refractivity contribution in [3.8, 4) is 0 Å². The van der Waals surface area contributed by atoms with Crippen molar-refractivity contribution in [2.24, 2.45) is 7.05 Å². The summed E-state index contributed by atoms with van der Waals surface area (Å²) in [7, 11) is 2.14. The number of piperazine rings is 1. The molecule has 1 aromatic heterocycles. The van der Waals surface area contributed by atoms with E-state index in [0.29, 0.717) is 18.2 Å². The molecule has 4 rings (SSSR count). The SMILES string of the molecule is CC(C)c1ccccc1N1CCN(Cc2ccc(CN3CCCC3=O)n2C)CC1. The molecule has 0 aliphatic carbocycles. The fraction of sp³-hybridized carbons (Fsp3) is 0.542. The first kappa shape index (κ1) is 20.0. The third-order valence-corrected chi connectivity index (χ3v) is 6.51. The highest BCUT2D eigenvalue weighted by atomic mass is 16.2. The summed E-state index contributed by atoms with van der Waals surface area (Å²) < 4.78 is 2.28. The number of hydrogen-bond acceptors (Lipinski definition) is 3. The van der Waals surface area contributed by atoms with Gasteiger partial charge in [0, 0.05) is 69.8 Å². The highest BCUT2D eigenvalue weighted by molar-refractivity contribution is 5.78. The van der Waals surface area contributed by atoms with Gasteiger partial charge in [-0.2, -0.15) is 0 Å². The number of hydrogen-bond donors (Lipinski definition) is 0. The molecule has 5 heteroatoms. The lowest BCUT2D eigenvalue weighted by atomic mass is 10.00. The van der Waals surface area contributed by atoms with Crippen LogP contribution < -0.4 is 4.90 Å². The maximum Gasteiger partial charge on any atom is 0.222 e. The number of rotatable bonds is 6. The van der Waals surface area contributed by atoms with Crippen molar-refractivity contribution in [3.05, 3.63) is 53.3 Å². The van der Waals surface area contributed by atoms with E-state index in [2.05, 4.69) is 71.7 Å². The molecule has 0 atom stereocenters. The van der Waals surface area contributed by atoms with Crippen LogP contribution in [0.4, 0.5) is 5.69 Å². The van der Waals surface area contributed by atoms with Gasteiger partial charge in [0.2, 0.25) is 5.91 Å². The van der Waals surface area contributed by atoms with Gasteiger partial charge in [-0.1, -0.05) is 32.0 Å². The number of benzene rings is 1. The zero-order valence-corrected chi connectivity index (χ0v) is 18.1. The smallest absolute Gasteiger partial charge is 0.222 e. The van der Waals surface area contributed by atoms with Gasteiger partial charge in [-0.25, -0.2) is 0 Å². The maximum atomic E-state index is 11.9. The fourth-order valence-electron chi connectivity index (χ4n) is 4.62. The van der Waals surface area contributed by atoms with Gasteiger partial charge >= 0.3 is 0 Å². The predicted octanol–water partition coefficient (Wildman–Crippen LogP) is 3.59. The van der Waals surface area contributed by atoms with E-state index in [1.165, 1.54) is 22.6 Å². The van der Waals surface area contributed by atoms with Gasteiger partial charge in [0.15, 0.2) is 0 Å². The standard InChI is InChI=1S/C24H34N4O/c1-19(2)22-7-4-5-8-23(22)27-15-13-26(14-16-27)17-20-10-11-21(25(20)3)18-28-12-6-9-24(28)29/h4-5,7-8,10-11,19H,6,9,12-18H2,1-3H3. The molecule has 156 valence electrons. The molecule has 2 fully saturated rings. The number of carbonyl (C=O) groups excluding carboxylic acids is 1. The van der Waals surface area contributed by atoms with Crippen molar-refractivity contribution >= 4 is 11.6 Å². The van der Waals surface area contributed by atoms with Gasteiger partial charge in [0.25, 0.3) is 0 Å². The number of likely N-dealkylation sites (tertiary alicyclic amines) is 1. The van der Waals surface area contributed by atoms with Crippen molar-refractivity contribution in [1.29, 1.82) is 0 Å². The molecule has 1 aromatic carbocycles. The molecule has 2 aliphatic rings. The van der Waals surface area contributed by atoms with E-state index in [1.807, 2.05) is 4.90 Å². The largest absolute Gasteiger partial charge is 0.369 e. The van der Waals surface area contributed by atoms with Crippen LogP contribution in [0, 0.1) is 0 Å². The van der Waals surface area contributed by atoms with Gasteiger partial charge in [0.05, 0.1) is 6.54 Å². The molecule has 3 heterocycles. The molecule has 5 nitrogen and oxygen atoms in total. The number of carbonyl (C=O) groups is 1. The Morgan fingerprint density at radius 2 is 1.59 bits per heavy atom. The summed E-state index contributed by atoms with van der Waals surface area (Å²) in [6, 6.07) is 13.3. The van der Waals surface area contributed by atoms with E-state index in [4.69, 9.17) is 0 Å². The molecule has 2 aromatic rings. The summed E-state index contributed by atoms with van der Waals surface area (Å²) in [5.74, 6) is 0.846. The lowest BCUT2D eigenvalue weighted by Crippen LogP contribution is -2.46. The normalized spacial score (nSPS) is 18.3. The van der Waals surface area contributed by atoms with Gasteiger partial charge < -0.3 is 14.4 Å². The second kappa shape index (κ2) is 8.62. The van der Waals surface area contributed by atoms with Gasteiger partial charge in [-0.15, -0.1) is 0 Å². The van der Waals surface area contributed by atoms with Crippen molar-refractivity contribution < 1.29 is 4.79 Å². The third kappa shape index (κ3) is 4.35. The molecule has 0 N–H and O–H groups in total. The Morgan fingerprint density at radius 1 is 0.897 bits per heavy atom. The highest BCUT2D eigenvalue weighted by Gasteiger charge is 2.23. The average Bonchev–Trinajstić information content (AvgIpc) is 3.29. The first-order valence-corrected chi connectivity index (χ1v) is 11.0. The summed E-state index contributed by atoms with van der Waals surface area (Å²) in [6.45, 7) is 11.5. The van der Waals surface area contributed by atoms with Crippen LogP contribution in [-0.2, 0) is 24.9 Å². The summed E-state index contributed by atoms with van der Waals surface area (Å²) >= 11 is 0. The Morgan fingerprint density at radius 3 is 2.24 bits per heavy atom. The van der Waals surface area contributed by atoms with Crippen molar-refractivity contribution in [1.82, 2.24) is 14.4 Å². The summed E-state index contributed by atoms with van der Waals surface area (Å²) in [5.41, 5.74) is 5.42. The molecular weight excluding hydrogens is 360 g/mol. The Bertz CT molecular complexity index is 848. The van der Waals surface area contributed by atoms with Crippen LogP contribution in [0.2, 0.25) is 0 Å². The molecular formula is C24H34N4O. The first-order valence-electron chi connectivity index (χ1n) is 11.0. The molecule has 0 radical (unpaired) electrons. The second-order valence-electron chi connectivity index (χ2n) is 8.77. The Balaban J connectivity index is 1.35. The van der Waals surface area contributed by atoms with Gasteiger partial charge in [-0.05, 0) is 36.1 Å². The van der Waals surface area contributed by atoms with Crippen LogP contribution in [0.15, 0.2) is 36.4 Å². The van der Waals surface area contributed by atoms with E-state index >= 15 is 0 Å². The molecule has 0 unspecified atom stereocenters. The molecule has 2 aliphatic heterocycles. The van der Waals surface area contributed by atoms with E-state index in [9.17, 15) is 4.79 Å². The van der Waals surface area contributed by atoms with E-state index in [1.54, 1.807) is 0 Å². The van der Waals surface area contributed by atoms with Crippen molar-refractivity contribution in [2.45, 2.75) is 45.7 Å². The lowest BCUT2D eigenvalue weighted by molar-refractivity contribution is -0.128.